The van der Waals surface area contributed by atoms with Crippen LogP contribution >= 0.6 is 0 Å². The van der Waals surface area contributed by atoms with Gasteiger partial charge in [0.15, 0.2) is 0 Å². The molecule has 0 bridgehead atoms. The van der Waals surface area contributed by atoms with E-state index >= 15 is 0 Å². The Balaban J connectivity index is 2.21. The number of hydrogen-bond donors (Lipinski definition) is 2. The van der Waals surface area contributed by atoms with Gasteiger partial charge in [-0.1, -0.05) is 19.1 Å². The van der Waals surface area contributed by atoms with Gasteiger partial charge in [0, 0.05) is 12.1 Å². The summed E-state index contributed by atoms with van der Waals surface area (Å²) in [6, 6.07) is 7.34. The fourth-order valence-electron chi connectivity index (χ4n) is 1.87. The van der Waals surface area contributed by atoms with E-state index in [1.165, 1.54) is 0 Å². The third kappa shape index (κ3) is 2.91. The molecule has 2 rings (SSSR count). The molecule has 0 amide bonds. The van der Waals surface area contributed by atoms with Crippen molar-refractivity contribution in [2.75, 3.05) is 7.05 Å². The van der Waals surface area contributed by atoms with Crippen LogP contribution in [-0.4, -0.2) is 21.5 Å². The molecule has 0 spiro atoms. The molecule has 3 unspecified atom stereocenters. The van der Waals surface area contributed by atoms with Crippen LogP contribution in [0.3, 0.4) is 0 Å². The minimum atomic E-state index is -3.37. The second kappa shape index (κ2) is 4.99. The van der Waals surface area contributed by atoms with Crippen LogP contribution in [0.15, 0.2) is 29.2 Å². The summed E-state index contributed by atoms with van der Waals surface area (Å²) in [7, 11) is -1.51. The van der Waals surface area contributed by atoms with Crippen molar-refractivity contribution in [3.63, 3.8) is 0 Å². The Morgan fingerprint density at radius 1 is 1.39 bits per heavy atom. The van der Waals surface area contributed by atoms with E-state index in [4.69, 9.17) is 0 Å². The van der Waals surface area contributed by atoms with Gasteiger partial charge < -0.3 is 5.32 Å². The smallest absolute Gasteiger partial charge is 0.240 e. The van der Waals surface area contributed by atoms with Crippen LogP contribution in [0.25, 0.3) is 0 Å². The summed E-state index contributed by atoms with van der Waals surface area (Å²) >= 11 is 0. The molecule has 0 heterocycles. The second-order valence-electron chi connectivity index (χ2n) is 5.02. The van der Waals surface area contributed by atoms with Crippen LogP contribution in [0.5, 0.6) is 0 Å². The molecule has 0 aromatic heterocycles. The molecule has 0 aliphatic heterocycles. The minimum Gasteiger partial charge on any atom is -0.313 e. The van der Waals surface area contributed by atoms with Crippen LogP contribution in [-0.2, 0) is 10.0 Å². The van der Waals surface area contributed by atoms with Gasteiger partial charge in [0.25, 0.3) is 0 Å². The van der Waals surface area contributed by atoms with Gasteiger partial charge in [-0.3, -0.25) is 0 Å². The maximum atomic E-state index is 12.2. The fourth-order valence-corrected chi connectivity index (χ4v) is 3.28. The summed E-state index contributed by atoms with van der Waals surface area (Å²) in [5, 5.41) is 3.10. The van der Waals surface area contributed by atoms with Gasteiger partial charge in [0.2, 0.25) is 10.0 Å². The molecular formula is C13H20N2O2S. The van der Waals surface area contributed by atoms with E-state index < -0.39 is 10.0 Å². The normalized spacial score (nSPS) is 24.8. The summed E-state index contributed by atoms with van der Waals surface area (Å²) in [5.41, 5.74) is 0.976. The van der Waals surface area contributed by atoms with Crippen LogP contribution in [0, 0.1) is 5.92 Å². The fraction of sp³-hybridized carbons (Fsp3) is 0.538. The maximum Gasteiger partial charge on any atom is 0.240 e. The van der Waals surface area contributed by atoms with Crippen molar-refractivity contribution in [1.29, 1.82) is 0 Å². The molecule has 1 aromatic carbocycles. The Kier molecular flexibility index (Phi) is 3.75. The molecule has 1 aliphatic rings. The lowest BCUT2D eigenvalue weighted by molar-refractivity contribution is 0.577. The zero-order valence-electron chi connectivity index (χ0n) is 11.0. The third-order valence-corrected chi connectivity index (χ3v) is 5.00. The van der Waals surface area contributed by atoms with E-state index in [0.717, 1.165) is 12.0 Å². The predicted molar refractivity (Wildman–Crippen MR) is 71.8 cm³/mol. The summed E-state index contributed by atoms with van der Waals surface area (Å²) in [4.78, 5) is 0.348. The van der Waals surface area contributed by atoms with Crippen LogP contribution in [0.2, 0.25) is 0 Å². The van der Waals surface area contributed by atoms with Crippen molar-refractivity contribution >= 4 is 10.0 Å². The van der Waals surface area contributed by atoms with Crippen molar-refractivity contribution in [2.24, 2.45) is 5.92 Å². The van der Waals surface area contributed by atoms with Crippen LogP contribution in [0.4, 0.5) is 0 Å². The number of benzene rings is 1. The number of sulfonamides is 1. The molecule has 3 atom stereocenters. The lowest BCUT2D eigenvalue weighted by Gasteiger charge is -2.12. The molecule has 1 saturated carbocycles. The van der Waals surface area contributed by atoms with Crippen molar-refractivity contribution < 1.29 is 8.42 Å². The molecular weight excluding hydrogens is 248 g/mol. The Hall–Kier alpha value is -0.910. The maximum absolute atomic E-state index is 12.2. The zero-order valence-corrected chi connectivity index (χ0v) is 11.8. The van der Waals surface area contributed by atoms with E-state index in [1.54, 1.807) is 18.2 Å². The van der Waals surface area contributed by atoms with Gasteiger partial charge in [-0.15, -0.1) is 0 Å². The summed E-state index contributed by atoms with van der Waals surface area (Å²) in [6.07, 6.45) is 0.936. The van der Waals surface area contributed by atoms with Crippen molar-refractivity contribution in [2.45, 2.75) is 37.2 Å². The van der Waals surface area contributed by atoms with Crippen molar-refractivity contribution in [3.05, 3.63) is 29.8 Å². The monoisotopic (exact) mass is 268 g/mol. The van der Waals surface area contributed by atoms with E-state index in [0.29, 0.717) is 10.8 Å². The van der Waals surface area contributed by atoms with E-state index in [2.05, 4.69) is 10.0 Å². The third-order valence-electron chi connectivity index (χ3n) is 3.52. The Bertz CT molecular complexity index is 528. The highest BCUT2D eigenvalue weighted by atomic mass is 32.2. The van der Waals surface area contributed by atoms with Gasteiger partial charge in [0.05, 0.1) is 4.90 Å². The van der Waals surface area contributed by atoms with E-state index in [9.17, 15) is 8.42 Å². The Morgan fingerprint density at radius 3 is 2.61 bits per heavy atom. The molecule has 0 saturated heterocycles. The van der Waals surface area contributed by atoms with Crippen molar-refractivity contribution in [1.82, 2.24) is 10.0 Å². The second-order valence-corrected chi connectivity index (χ2v) is 6.74. The highest BCUT2D eigenvalue weighted by Gasteiger charge is 2.36. The van der Waals surface area contributed by atoms with E-state index in [-0.39, 0.29) is 12.1 Å². The molecule has 1 aliphatic carbocycles. The molecule has 1 fully saturated rings. The molecule has 1 aromatic rings. The number of rotatable bonds is 5. The van der Waals surface area contributed by atoms with Crippen molar-refractivity contribution in [3.8, 4) is 0 Å². The first-order chi connectivity index (χ1) is 8.44. The average molecular weight is 268 g/mol. The lowest BCUT2D eigenvalue weighted by Crippen LogP contribution is -2.27. The first-order valence-electron chi connectivity index (χ1n) is 6.23. The van der Waals surface area contributed by atoms with Crippen LogP contribution < -0.4 is 10.0 Å². The molecule has 0 radical (unpaired) electrons. The standard InChI is InChI=1S/C13H20N2O2S/c1-9-7-13(9)15-18(16,17)12-6-4-5-11(8-12)10(2)14-3/h4-6,8-10,13-15H,7H2,1-3H3. The first kappa shape index (κ1) is 13.5. The average Bonchev–Trinajstić information content (AvgIpc) is 3.03. The summed E-state index contributed by atoms with van der Waals surface area (Å²) < 4.78 is 27.1. The SMILES string of the molecule is CNC(C)c1cccc(S(=O)(=O)NC2CC2C)c1. The molecule has 18 heavy (non-hydrogen) atoms. The highest BCUT2D eigenvalue weighted by molar-refractivity contribution is 7.89. The molecule has 100 valence electrons. The summed E-state index contributed by atoms with van der Waals surface area (Å²) in [5.74, 6) is 0.458. The number of nitrogens with one attached hydrogen (secondary N) is 2. The topological polar surface area (TPSA) is 58.2 Å². The van der Waals surface area contributed by atoms with Gasteiger partial charge in [-0.05, 0) is 44.0 Å². The van der Waals surface area contributed by atoms with Gasteiger partial charge in [-0.25, -0.2) is 13.1 Å². The highest BCUT2D eigenvalue weighted by Crippen LogP contribution is 2.30. The summed E-state index contributed by atoms with van der Waals surface area (Å²) in [6.45, 7) is 4.05. The van der Waals surface area contributed by atoms with Gasteiger partial charge in [0.1, 0.15) is 0 Å². The quantitative estimate of drug-likeness (QED) is 0.854. The Labute approximate surface area is 109 Å². The van der Waals surface area contributed by atoms with E-state index in [1.807, 2.05) is 27.0 Å². The van der Waals surface area contributed by atoms with Gasteiger partial charge >= 0.3 is 0 Å². The lowest BCUT2D eigenvalue weighted by atomic mass is 10.1. The minimum absolute atomic E-state index is 0.111. The van der Waals surface area contributed by atoms with Gasteiger partial charge in [-0.2, -0.15) is 0 Å². The predicted octanol–water partition coefficient (Wildman–Crippen LogP) is 1.65. The Morgan fingerprint density at radius 2 is 2.06 bits per heavy atom. The largest absolute Gasteiger partial charge is 0.313 e. The molecule has 5 heteroatoms. The first-order valence-corrected chi connectivity index (χ1v) is 7.72. The van der Waals surface area contributed by atoms with Crippen LogP contribution in [0.1, 0.15) is 31.9 Å². The molecule has 4 nitrogen and oxygen atoms in total. The molecule has 2 N–H and O–H groups in total. The number of hydrogen-bond acceptors (Lipinski definition) is 3. The zero-order chi connectivity index (χ0) is 13.3.